The Kier molecular flexibility index (Phi) is 4.57. The van der Waals surface area contributed by atoms with Gasteiger partial charge in [-0.15, -0.1) is 0 Å². The standard InChI is InChI=1S/C20H18N2O3/c1-13-19(20(25)22(21-13)17-9-4-3-5-10-17)18(24)12-15-7-6-8-16(11-15)14(2)23/h3-11,19H,12H2,1-2H3. The zero-order valence-corrected chi connectivity index (χ0v) is 14.1. The van der Waals surface area contributed by atoms with Crippen molar-refractivity contribution in [1.29, 1.82) is 0 Å². The number of hydrazone groups is 1. The van der Waals surface area contributed by atoms with Gasteiger partial charge in [0.05, 0.1) is 11.4 Å². The van der Waals surface area contributed by atoms with E-state index in [2.05, 4.69) is 5.10 Å². The van der Waals surface area contributed by atoms with Gasteiger partial charge in [0.15, 0.2) is 11.6 Å². The summed E-state index contributed by atoms with van der Waals surface area (Å²) in [5, 5.41) is 5.54. The van der Waals surface area contributed by atoms with Crippen molar-refractivity contribution < 1.29 is 14.4 Å². The monoisotopic (exact) mass is 334 g/mol. The van der Waals surface area contributed by atoms with Gasteiger partial charge in [0.25, 0.3) is 5.91 Å². The maximum atomic E-state index is 12.7. The highest BCUT2D eigenvalue weighted by Gasteiger charge is 2.39. The van der Waals surface area contributed by atoms with Gasteiger partial charge in [0.2, 0.25) is 0 Å². The number of hydrogen-bond donors (Lipinski definition) is 0. The number of anilines is 1. The lowest BCUT2D eigenvalue weighted by atomic mass is 9.93. The number of carbonyl (C=O) groups is 3. The third-order valence-corrected chi connectivity index (χ3v) is 4.17. The van der Waals surface area contributed by atoms with Crippen molar-refractivity contribution in [3.63, 3.8) is 0 Å². The fourth-order valence-corrected chi connectivity index (χ4v) is 2.89. The number of rotatable bonds is 5. The number of para-hydroxylation sites is 1. The Morgan fingerprint density at radius 3 is 2.48 bits per heavy atom. The zero-order chi connectivity index (χ0) is 18.0. The Labute approximate surface area is 146 Å². The van der Waals surface area contributed by atoms with Crippen LogP contribution >= 0.6 is 0 Å². The fourth-order valence-electron chi connectivity index (χ4n) is 2.89. The highest BCUT2D eigenvalue weighted by atomic mass is 16.2. The molecular formula is C20H18N2O3. The van der Waals surface area contributed by atoms with Crippen molar-refractivity contribution in [3.8, 4) is 0 Å². The molecule has 1 unspecified atom stereocenters. The van der Waals surface area contributed by atoms with E-state index in [1.807, 2.05) is 18.2 Å². The third-order valence-electron chi connectivity index (χ3n) is 4.17. The van der Waals surface area contributed by atoms with Gasteiger partial charge in [-0.3, -0.25) is 14.4 Å². The molecule has 3 rings (SSSR count). The second-order valence-corrected chi connectivity index (χ2v) is 6.06. The molecule has 0 N–H and O–H groups in total. The summed E-state index contributed by atoms with van der Waals surface area (Å²) in [4.78, 5) is 36.8. The normalized spacial score (nSPS) is 16.7. The van der Waals surface area contributed by atoms with E-state index >= 15 is 0 Å². The lowest BCUT2D eigenvalue weighted by molar-refractivity contribution is -0.128. The second-order valence-electron chi connectivity index (χ2n) is 6.06. The molecule has 0 aromatic heterocycles. The zero-order valence-electron chi connectivity index (χ0n) is 14.1. The molecule has 126 valence electrons. The first-order valence-electron chi connectivity index (χ1n) is 8.04. The van der Waals surface area contributed by atoms with Gasteiger partial charge in [-0.25, -0.2) is 0 Å². The van der Waals surface area contributed by atoms with Gasteiger partial charge in [-0.05, 0) is 37.6 Å². The minimum atomic E-state index is -0.874. The van der Waals surface area contributed by atoms with Gasteiger partial charge < -0.3 is 0 Å². The highest BCUT2D eigenvalue weighted by Crippen LogP contribution is 2.25. The van der Waals surface area contributed by atoms with Crippen LogP contribution in [-0.4, -0.2) is 23.2 Å². The number of Topliss-reactive ketones (excluding diaryl/α,β-unsaturated/α-hetero) is 2. The maximum absolute atomic E-state index is 12.7. The second kappa shape index (κ2) is 6.81. The van der Waals surface area contributed by atoms with Crippen molar-refractivity contribution >= 4 is 28.9 Å². The van der Waals surface area contributed by atoms with E-state index in [0.29, 0.717) is 17.0 Å². The van der Waals surface area contributed by atoms with Gasteiger partial charge in [0, 0.05) is 12.0 Å². The van der Waals surface area contributed by atoms with Crippen molar-refractivity contribution in [2.75, 3.05) is 5.01 Å². The van der Waals surface area contributed by atoms with Crippen LogP contribution in [0.5, 0.6) is 0 Å². The van der Waals surface area contributed by atoms with E-state index in [9.17, 15) is 14.4 Å². The first-order chi connectivity index (χ1) is 12.0. The molecule has 0 saturated heterocycles. The van der Waals surface area contributed by atoms with E-state index in [1.54, 1.807) is 43.3 Å². The molecular weight excluding hydrogens is 316 g/mol. The van der Waals surface area contributed by atoms with Crippen LogP contribution in [0, 0.1) is 5.92 Å². The summed E-state index contributed by atoms with van der Waals surface area (Å²) < 4.78 is 0. The van der Waals surface area contributed by atoms with Crippen LogP contribution in [0.3, 0.4) is 0 Å². The molecule has 0 spiro atoms. The number of hydrogen-bond acceptors (Lipinski definition) is 4. The highest BCUT2D eigenvalue weighted by molar-refractivity contribution is 6.27. The molecule has 1 amide bonds. The Morgan fingerprint density at radius 2 is 1.80 bits per heavy atom. The van der Waals surface area contributed by atoms with Crippen LogP contribution in [-0.2, 0) is 16.0 Å². The van der Waals surface area contributed by atoms with Gasteiger partial charge in [0.1, 0.15) is 5.92 Å². The molecule has 0 fully saturated rings. The van der Waals surface area contributed by atoms with E-state index in [0.717, 1.165) is 5.56 Å². The summed E-state index contributed by atoms with van der Waals surface area (Å²) in [6.07, 6.45) is 0.0903. The molecule has 1 aliphatic rings. The minimum absolute atomic E-state index is 0.0563. The number of amides is 1. The van der Waals surface area contributed by atoms with E-state index in [-0.39, 0.29) is 23.9 Å². The molecule has 0 saturated carbocycles. The lowest BCUT2D eigenvalue weighted by Crippen LogP contribution is -2.33. The predicted molar refractivity (Wildman–Crippen MR) is 95.7 cm³/mol. The molecule has 1 aliphatic heterocycles. The maximum Gasteiger partial charge on any atom is 0.263 e. The summed E-state index contributed by atoms with van der Waals surface area (Å²) in [7, 11) is 0. The smallest absolute Gasteiger partial charge is 0.263 e. The summed E-state index contributed by atoms with van der Waals surface area (Å²) in [5.74, 6) is -1.48. The van der Waals surface area contributed by atoms with Gasteiger partial charge >= 0.3 is 0 Å². The first-order valence-corrected chi connectivity index (χ1v) is 8.04. The van der Waals surface area contributed by atoms with Gasteiger partial charge in [-0.1, -0.05) is 36.4 Å². The Balaban J connectivity index is 1.79. The van der Waals surface area contributed by atoms with Crippen LogP contribution in [0.1, 0.15) is 29.8 Å². The van der Waals surface area contributed by atoms with Crippen molar-refractivity contribution in [1.82, 2.24) is 0 Å². The molecule has 25 heavy (non-hydrogen) atoms. The van der Waals surface area contributed by atoms with Crippen LogP contribution in [0.4, 0.5) is 5.69 Å². The molecule has 2 aromatic carbocycles. The van der Waals surface area contributed by atoms with E-state index in [1.165, 1.54) is 11.9 Å². The van der Waals surface area contributed by atoms with Crippen LogP contribution < -0.4 is 5.01 Å². The molecule has 0 bridgehead atoms. The molecule has 1 heterocycles. The molecule has 1 atom stereocenters. The largest absolute Gasteiger partial charge is 0.298 e. The quantitative estimate of drug-likeness (QED) is 0.623. The Bertz CT molecular complexity index is 872. The Hall–Kier alpha value is -3.08. The number of carbonyl (C=O) groups excluding carboxylic acids is 3. The molecule has 2 aromatic rings. The summed E-state index contributed by atoms with van der Waals surface area (Å²) in [6.45, 7) is 3.17. The fraction of sp³-hybridized carbons (Fsp3) is 0.200. The van der Waals surface area contributed by atoms with Crippen molar-refractivity contribution in [2.24, 2.45) is 11.0 Å². The third kappa shape index (κ3) is 3.40. The molecule has 5 nitrogen and oxygen atoms in total. The number of ketones is 2. The predicted octanol–water partition coefficient (Wildman–Crippen LogP) is 3.04. The Morgan fingerprint density at radius 1 is 1.08 bits per heavy atom. The number of benzene rings is 2. The average molecular weight is 334 g/mol. The minimum Gasteiger partial charge on any atom is -0.298 e. The topological polar surface area (TPSA) is 66.8 Å². The van der Waals surface area contributed by atoms with Crippen LogP contribution in [0.15, 0.2) is 59.7 Å². The number of nitrogens with zero attached hydrogens (tertiary/aromatic N) is 2. The summed E-state index contributed by atoms with van der Waals surface area (Å²) in [5.41, 5.74) is 2.40. The molecule has 5 heteroatoms. The molecule has 0 aliphatic carbocycles. The average Bonchev–Trinajstić information content (AvgIpc) is 2.90. The van der Waals surface area contributed by atoms with Crippen molar-refractivity contribution in [2.45, 2.75) is 20.3 Å². The first kappa shape index (κ1) is 16.8. The van der Waals surface area contributed by atoms with Crippen LogP contribution in [0.2, 0.25) is 0 Å². The summed E-state index contributed by atoms with van der Waals surface area (Å²) in [6, 6.07) is 16.0. The van der Waals surface area contributed by atoms with E-state index < -0.39 is 5.92 Å². The summed E-state index contributed by atoms with van der Waals surface area (Å²) >= 11 is 0. The van der Waals surface area contributed by atoms with Crippen molar-refractivity contribution in [3.05, 3.63) is 65.7 Å². The van der Waals surface area contributed by atoms with E-state index in [4.69, 9.17) is 0 Å². The lowest BCUT2D eigenvalue weighted by Gasteiger charge is -2.13. The van der Waals surface area contributed by atoms with Crippen LogP contribution in [0.25, 0.3) is 0 Å². The molecule has 0 radical (unpaired) electrons. The SMILES string of the molecule is CC(=O)c1cccc(CC(=O)C2C(=O)N(c3ccccc3)N=C2C)c1. The van der Waals surface area contributed by atoms with Gasteiger partial charge in [-0.2, -0.15) is 10.1 Å².